The molecule has 164 valence electrons. The van der Waals surface area contributed by atoms with Crippen LogP contribution in [-0.4, -0.2) is 29.1 Å². The largest absolute Gasteiger partial charge is 0.496 e. The fourth-order valence-corrected chi connectivity index (χ4v) is 3.64. The molecule has 0 atom stereocenters. The Hall–Kier alpha value is -3.80. The number of nitrogens with zero attached hydrogens (tertiary/aromatic N) is 2. The summed E-state index contributed by atoms with van der Waals surface area (Å²) in [6.45, 7) is 3.03. The van der Waals surface area contributed by atoms with Crippen LogP contribution in [0.25, 0.3) is 11.0 Å². The van der Waals surface area contributed by atoms with Gasteiger partial charge in [0.05, 0.1) is 18.1 Å². The number of para-hydroxylation sites is 3. The zero-order valence-electron chi connectivity index (χ0n) is 18.4. The Morgan fingerprint density at radius 2 is 1.75 bits per heavy atom. The minimum absolute atomic E-state index is 0.0698. The summed E-state index contributed by atoms with van der Waals surface area (Å²) >= 11 is 0. The number of aromatic nitrogens is 2. The zero-order valence-corrected chi connectivity index (χ0v) is 18.4. The first-order chi connectivity index (χ1) is 15.6. The summed E-state index contributed by atoms with van der Waals surface area (Å²) in [6, 6.07) is 23.5. The van der Waals surface area contributed by atoms with Gasteiger partial charge in [0.2, 0.25) is 5.91 Å². The van der Waals surface area contributed by atoms with Crippen molar-refractivity contribution in [3.8, 4) is 11.5 Å². The number of ether oxygens (including phenoxy) is 2. The standard InChI is InChI=1S/C26H27N3O3/c1-19-11-13-21(14-12-19)32-18-25-28-22-8-4-5-9-23(22)29(25)17-26(30)27-16-15-20-7-3-6-10-24(20)31-2/h3-14H,15-18H2,1-2H3,(H,27,30). The van der Waals surface area contributed by atoms with Crippen LogP contribution in [0.2, 0.25) is 0 Å². The highest BCUT2D eigenvalue weighted by molar-refractivity contribution is 5.81. The van der Waals surface area contributed by atoms with Crippen LogP contribution in [0.1, 0.15) is 17.0 Å². The van der Waals surface area contributed by atoms with Crippen molar-refractivity contribution < 1.29 is 14.3 Å². The highest BCUT2D eigenvalue weighted by Crippen LogP contribution is 2.19. The quantitative estimate of drug-likeness (QED) is 0.431. The van der Waals surface area contributed by atoms with Crippen molar-refractivity contribution in [2.75, 3.05) is 13.7 Å². The summed E-state index contributed by atoms with van der Waals surface area (Å²) in [5.41, 5.74) is 4.00. The first kappa shape index (κ1) is 21.4. The first-order valence-electron chi connectivity index (χ1n) is 10.7. The van der Waals surface area contributed by atoms with Gasteiger partial charge in [-0.2, -0.15) is 0 Å². The number of carbonyl (C=O) groups is 1. The van der Waals surface area contributed by atoms with Crippen LogP contribution >= 0.6 is 0 Å². The van der Waals surface area contributed by atoms with Crippen molar-refractivity contribution >= 4 is 16.9 Å². The highest BCUT2D eigenvalue weighted by Gasteiger charge is 2.14. The number of nitrogens with one attached hydrogen (secondary N) is 1. The third kappa shape index (κ3) is 5.09. The lowest BCUT2D eigenvalue weighted by atomic mass is 10.1. The third-order valence-electron chi connectivity index (χ3n) is 5.33. The van der Waals surface area contributed by atoms with E-state index in [2.05, 4.69) is 5.32 Å². The van der Waals surface area contributed by atoms with Gasteiger partial charge in [-0.1, -0.05) is 48.0 Å². The second-order valence-corrected chi connectivity index (χ2v) is 7.62. The van der Waals surface area contributed by atoms with E-state index < -0.39 is 0 Å². The molecule has 0 fully saturated rings. The van der Waals surface area contributed by atoms with Gasteiger partial charge in [-0.05, 0) is 49.2 Å². The van der Waals surface area contributed by atoms with Crippen molar-refractivity contribution in [1.82, 2.24) is 14.9 Å². The smallest absolute Gasteiger partial charge is 0.240 e. The lowest BCUT2D eigenvalue weighted by Gasteiger charge is -2.12. The van der Waals surface area contributed by atoms with Gasteiger partial charge >= 0.3 is 0 Å². The summed E-state index contributed by atoms with van der Waals surface area (Å²) in [4.78, 5) is 17.4. The van der Waals surface area contributed by atoms with Crippen LogP contribution in [0.4, 0.5) is 0 Å². The Balaban J connectivity index is 1.43. The van der Waals surface area contributed by atoms with E-state index in [0.29, 0.717) is 18.8 Å². The maximum Gasteiger partial charge on any atom is 0.240 e. The lowest BCUT2D eigenvalue weighted by molar-refractivity contribution is -0.121. The summed E-state index contributed by atoms with van der Waals surface area (Å²) in [5.74, 6) is 2.25. The van der Waals surface area contributed by atoms with Crippen LogP contribution in [0.15, 0.2) is 72.8 Å². The molecule has 32 heavy (non-hydrogen) atoms. The number of rotatable bonds is 9. The Morgan fingerprint density at radius 1 is 1.00 bits per heavy atom. The maximum absolute atomic E-state index is 12.7. The average molecular weight is 430 g/mol. The minimum atomic E-state index is -0.0698. The summed E-state index contributed by atoms with van der Waals surface area (Å²) in [7, 11) is 1.65. The predicted molar refractivity (Wildman–Crippen MR) is 125 cm³/mol. The molecule has 1 aromatic heterocycles. The SMILES string of the molecule is COc1ccccc1CCNC(=O)Cn1c(COc2ccc(C)cc2)nc2ccccc21. The number of benzene rings is 3. The molecule has 3 aromatic carbocycles. The molecular formula is C26H27N3O3. The molecule has 4 rings (SSSR count). The van der Waals surface area contributed by atoms with Gasteiger partial charge in [0, 0.05) is 6.54 Å². The minimum Gasteiger partial charge on any atom is -0.496 e. The maximum atomic E-state index is 12.7. The lowest BCUT2D eigenvalue weighted by Crippen LogP contribution is -2.30. The fourth-order valence-electron chi connectivity index (χ4n) is 3.64. The van der Waals surface area contributed by atoms with Crippen molar-refractivity contribution in [1.29, 1.82) is 0 Å². The monoisotopic (exact) mass is 429 g/mol. The second kappa shape index (κ2) is 10.0. The van der Waals surface area contributed by atoms with E-state index >= 15 is 0 Å². The second-order valence-electron chi connectivity index (χ2n) is 7.62. The Labute approximate surface area is 187 Å². The van der Waals surface area contributed by atoms with Gasteiger partial charge in [-0.15, -0.1) is 0 Å². The molecule has 0 aliphatic heterocycles. The van der Waals surface area contributed by atoms with Crippen LogP contribution in [-0.2, 0) is 24.4 Å². The molecule has 6 nitrogen and oxygen atoms in total. The highest BCUT2D eigenvalue weighted by atomic mass is 16.5. The van der Waals surface area contributed by atoms with Gasteiger partial charge in [0.1, 0.15) is 30.5 Å². The molecule has 0 unspecified atom stereocenters. The van der Waals surface area contributed by atoms with Crippen molar-refractivity contribution in [3.05, 3.63) is 89.7 Å². The molecular weight excluding hydrogens is 402 g/mol. The summed E-state index contributed by atoms with van der Waals surface area (Å²) in [6.07, 6.45) is 0.698. The predicted octanol–water partition coefficient (Wildman–Crippen LogP) is 4.29. The number of carbonyl (C=O) groups excluding carboxylic acids is 1. The third-order valence-corrected chi connectivity index (χ3v) is 5.33. The molecule has 0 saturated heterocycles. The molecule has 1 amide bonds. The molecule has 0 aliphatic rings. The summed E-state index contributed by atoms with van der Waals surface area (Å²) in [5, 5.41) is 3.01. The summed E-state index contributed by atoms with van der Waals surface area (Å²) < 4.78 is 13.2. The van der Waals surface area contributed by atoms with Crippen molar-refractivity contribution in [3.63, 3.8) is 0 Å². The van der Waals surface area contributed by atoms with E-state index in [1.54, 1.807) is 7.11 Å². The number of hydrogen-bond donors (Lipinski definition) is 1. The van der Waals surface area contributed by atoms with Crippen LogP contribution in [0.3, 0.4) is 0 Å². The van der Waals surface area contributed by atoms with Gasteiger partial charge in [0.25, 0.3) is 0 Å². The number of amides is 1. The molecule has 0 radical (unpaired) electrons. The molecule has 6 heteroatoms. The van der Waals surface area contributed by atoms with Crippen LogP contribution in [0.5, 0.6) is 11.5 Å². The van der Waals surface area contributed by atoms with Gasteiger partial charge in [-0.25, -0.2) is 4.98 Å². The van der Waals surface area contributed by atoms with E-state index in [9.17, 15) is 4.79 Å². The van der Waals surface area contributed by atoms with Crippen LogP contribution in [0, 0.1) is 6.92 Å². The average Bonchev–Trinajstić information content (AvgIpc) is 3.16. The number of fused-ring (bicyclic) bond motifs is 1. The van der Waals surface area contributed by atoms with Gasteiger partial charge < -0.3 is 19.4 Å². The van der Waals surface area contributed by atoms with Gasteiger partial charge in [-0.3, -0.25) is 4.79 Å². The van der Waals surface area contributed by atoms with E-state index in [-0.39, 0.29) is 19.1 Å². The number of methoxy groups -OCH3 is 1. The molecule has 1 heterocycles. The zero-order chi connectivity index (χ0) is 22.3. The molecule has 4 aromatic rings. The Morgan fingerprint density at radius 3 is 2.56 bits per heavy atom. The number of aryl methyl sites for hydroxylation is 1. The molecule has 0 spiro atoms. The normalized spacial score (nSPS) is 10.8. The Bertz CT molecular complexity index is 1200. The van der Waals surface area contributed by atoms with Crippen molar-refractivity contribution in [2.24, 2.45) is 0 Å². The molecule has 0 bridgehead atoms. The van der Waals surface area contributed by atoms with Crippen molar-refractivity contribution in [2.45, 2.75) is 26.5 Å². The van der Waals surface area contributed by atoms with Gasteiger partial charge in [0.15, 0.2) is 0 Å². The fraction of sp³-hybridized carbons (Fsp3) is 0.231. The van der Waals surface area contributed by atoms with Crippen LogP contribution < -0.4 is 14.8 Å². The number of imidazole rings is 1. The Kier molecular flexibility index (Phi) is 6.70. The first-order valence-corrected chi connectivity index (χ1v) is 10.7. The molecule has 0 saturated carbocycles. The van der Waals surface area contributed by atoms with E-state index in [1.807, 2.05) is 84.3 Å². The van der Waals surface area contributed by atoms with E-state index in [4.69, 9.17) is 14.5 Å². The van der Waals surface area contributed by atoms with E-state index in [0.717, 1.165) is 28.1 Å². The number of hydrogen-bond acceptors (Lipinski definition) is 4. The van der Waals surface area contributed by atoms with E-state index in [1.165, 1.54) is 5.56 Å². The molecule has 1 N–H and O–H groups in total. The molecule has 0 aliphatic carbocycles. The topological polar surface area (TPSA) is 65.4 Å².